The number of amides is 2. The number of hydrogen-bond donors (Lipinski definition) is 4. The second kappa shape index (κ2) is 12.4. The van der Waals surface area contributed by atoms with Crippen LogP contribution in [0.2, 0.25) is 5.02 Å². The summed E-state index contributed by atoms with van der Waals surface area (Å²) in [6.07, 6.45) is -4.02. The second-order valence-electron chi connectivity index (χ2n) is 9.24. The minimum Gasteiger partial charge on any atom is -0.495 e. The number of fused-ring (bicyclic) bond motifs is 1. The van der Waals surface area contributed by atoms with Crippen LogP contribution < -0.4 is 26.4 Å². The van der Waals surface area contributed by atoms with Crippen molar-refractivity contribution >= 4 is 57.3 Å². The summed E-state index contributed by atoms with van der Waals surface area (Å²) in [6.45, 7) is 1.10. The highest BCUT2D eigenvalue weighted by molar-refractivity contribution is 6.32. The number of nitrogens with zero attached hydrogens (tertiary/aromatic N) is 1. The van der Waals surface area contributed by atoms with E-state index in [0.29, 0.717) is 22.0 Å². The normalized spacial score (nSPS) is 12.6. The van der Waals surface area contributed by atoms with Crippen LogP contribution in [0.5, 0.6) is 5.75 Å². The molecule has 0 fully saturated rings. The number of aromatic nitrogens is 1. The average Bonchev–Trinajstić information content (AvgIpc) is 2.95. The number of esters is 1. The van der Waals surface area contributed by atoms with Crippen LogP contribution in [0.4, 0.5) is 30.4 Å². The highest BCUT2D eigenvalue weighted by atomic mass is 35.5. The number of alkyl halides is 3. The number of ether oxygens (including phenoxy) is 2. The molecule has 3 aromatic carbocycles. The number of hydrogen-bond acceptors (Lipinski definition) is 8. The Bertz CT molecular complexity index is 1700. The van der Waals surface area contributed by atoms with Gasteiger partial charge in [-0.3, -0.25) is 9.59 Å². The summed E-state index contributed by atoms with van der Waals surface area (Å²) in [4.78, 5) is 41.8. The van der Waals surface area contributed by atoms with E-state index in [4.69, 9.17) is 26.8 Å². The van der Waals surface area contributed by atoms with Gasteiger partial charge in [-0.05, 0) is 59.5 Å². The molecule has 1 unspecified atom stereocenters. The number of pyridine rings is 1. The Morgan fingerprint density at radius 3 is 2.47 bits per heavy atom. The molecule has 0 aliphatic heterocycles. The number of carbonyl (C=O) groups is 3. The summed E-state index contributed by atoms with van der Waals surface area (Å²) in [6, 6.07) is 16.2. The van der Waals surface area contributed by atoms with E-state index in [-0.39, 0.29) is 40.3 Å². The zero-order valence-electron chi connectivity index (χ0n) is 22.7. The Hall–Kier alpha value is -5.04. The third-order valence-corrected chi connectivity index (χ3v) is 6.48. The van der Waals surface area contributed by atoms with Crippen LogP contribution in [0.1, 0.15) is 18.1 Å². The smallest absolute Gasteiger partial charge is 0.491 e. The lowest BCUT2D eigenvalue weighted by Gasteiger charge is -2.34. The van der Waals surface area contributed by atoms with Crippen molar-refractivity contribution in [3.05, 3.63) is 89.1 Å². The van der Waals surface area contributed by atoms with Crippen LogP contribution in [0.25, 0.3) is 10.8 Å². The lowest BCUT2D eigenvalue weighted by atomic mass is 9.99. The van der Waals surface area contributed by atoms with Crippen LogP contribution in [0, 0.1) is 0 Å². The molecule has 1 atom stereocenters. The van der Waals surface area contributed by atoms with E-state index in [0.717, 1.165) is 0 Å². The topological polar surface area (TPSA) is 145 Å². The van der Waals surface area contributed by atoms with Gasteiger partial charge in [0.2, 0.25) is 5.91 Å². The largest absolute Gasteiger partial charge is 0.495 e. The lowest BCUT2D eigenvalue weighted by Crippen LogP contribution is -2.54. The van der Waals surface area contributed by atoms with Gasteiger partial charge in [0, 0.05) is 42.0 Å². The molecule has 5 N–H and O–H groups in total. The van der Waals surface area contributed by atoms with E-state index in [9.17, 15) is 27.6 Å². The standard InChI is InChI=1S/C29H25ClF3N5O5/c1-16(39)37-20-5-3-4-17(12-20)15-36-26(40)28(43-27(41)29(31,32)33,19-6-9-23(30)24(14-19)42-2)38-21-7-8-22-18(13-21)10-11-35-25(22)34/h3-14,38H,15H2,1-2H3,(H2,34,35)(H,36,40)(H,37,39). The molecule has 1 aromatic heterocycles. The first-order chi connectivity index (χ1) is 20.3. The van der Waals surface area contributed by atoms with E-state index in [1.165, 1.54) is 50.6 Å². The number of benzene rings is 3. The fourth-order valence-corrected chi connectivity index (χ4v) is 4.41. The van der Waals surface area contributed by atoms with Crippen LogP contribution >= 0.6 is 11.6 Å². The van der Waals surface area contributed by atoms with Crippen molar-refractivity contribution < 1.29 is 37.0 Å². The summed E-state index contributed by atoms with van der Waals surface area (Å²) in [5, 5.41) is 9.00. The molecular formula is C29H25ClF3N5O5. The number of halogens is 4. The van der Waals surface area contributed by atoms with Gasteiger partial charge in [0.25, 0.3) is 11.6 Å². The molecular weight excluding hydrogens is 591 g/mol. The van der Waals surface area contributed by atoms with Crippen molar-refractivity contribution in [2.24, 2.45) is 0 Å². The van der Waals surface area contributed by atoms with Crippen LogP contribution in [-0.2, 0) is 31.4 Å². The molecule has 10 nitrogen and oxygen atoms in total. The number of methoxy groups -OCH3 is 1. The molecule has 0 radical (unpaired) electrons. The molecule has 224 valence electrons. The average molecular weight is 616 g/mol. The number of carbonyl (C=O) groups excluding carboxylic acids is 3. The molecule has 0 saturated carbocycles. The Balaban J connectivity index is 1.83. The van der Waals surface area contributed by atoms with Crippen molar-refractivity contribution in [2.75, 3.05) is 23.5 Å². The second-order valence-corrected chi connectivity index (χ2v) is 9.65. The monoisotopic (exact) mass is 615 g/mol. The number of nitrogen functional groups attached to an aromatic ring is 1. The molecule has 4 rings (SSSR count). The van der Waals surface area contributed by atoms with Gasteiger partial charge in [-0.1, -0.05) is 29.8 Å². The van der Waals surface area contributed by atoms with E-state index in [1.54, 1.807) is 36.4 Å². The fraction of sp³-hybridized carbons (Fsp3) is 0.172. The van der Waals surface area contributed by atoms with Crippen molar-refractivity contribution in [3.8, 4) is 5.75 Å². The van der Waals surface area contributed by atoms with E-state index in [2.05, 4.69) is 20.9 Å². The molecule has 14 heteroatoms. The van der Waals surface area contributed by atoms with Gasteiger partial charge >= 0.3 is 12.1 Å². The maximum Gasteiger partial charge on any atom is 0.491 e. The Morgan fingerprint density at radius 2 is 1.77 bits per heavy atom. The minimum absolute atomic E-state index is 0.00145. The Morgan fingerprint density at radius 1 is 1.00 bits per heavy atom. The van der Waals surface area contributed by atoms with Crippen molar-refractivity contribution in [3.63, 3.8) is 0 Å². The van der Waals surface area contributed by atoms with Gasteiger partial charge in [0.1, 0.15) is 11.6 Å². The first-order valence-electron chi connectivity index (χ1n) is 12.5. The van der Waals surface area contributed by atoms with E-state index >= 15 is 0 Å². The summed E-state index contributed by atoms with van der Waals surface area (Å²) in [5.41, 5.74) is 3.92. The van der Waals surface area contributed by atoms with Crippen molar-refractivity contribution in [2.45, 2.75) is 25.4 Å². The summed E-state index contributed by atoms with van der Waals surface area (Å²) in [5.74, 6) is -3.91. The molecule has 43 heavy (non-hydrogen) atoms. The van der Waals surface area contributed by atoms with Gasteiger partial charge in [-0.2, -0.15) is 13.2 Å². The molecule has 2 amide bonds. The summed E-state index contributed by atoms with van der Waals surface area (Å²) >= 11 is 6.16. The highest BCUT2D eigenvalue weighted by Crippen LogP contribution is 2.37. The maximum absolute atomic E-state index is 14.0. The molecule has 1 heterocycles. The van der Waals surface area contributed by atoms with Crippen LogP contribution in [0.15, 0.2) is 72.9 Å². The predicted octanol–water partition coefficient (Wildman–Crippen LogP) is 5.12. The Labute approximate surface area is 248 Å². The van der Waals surface area contributed by atoms with Gasteiger partial charge < -0.3 is 31.2 Å². The SMILES string of the molecule is COc1cc(C(Nc2ccc3c(N)nccc3c2)(OC(=O)C(F)(F)F)C(=O)NCc2cccc(NC(C)=O)c2)ccc1Cl. The van der Waals surface area contributed by atoms with E-state index in [1.807, 2.05) is 0 Å². The number of nitrogens with one attached hydrogen (secondary N) is 3. The van der Waals surface area contributed by atoms with Gasteiger partial charge in [0.05, 0.1) is 12.1 Å². The van der Waals surface area contributed by atoms with Crippen molar-refractivity contribution in [1.82, 2.24) is 10.3 Å². The first kappa shape index (κ1) is 30.9. The number of nitrogens with two attached hydrogens (primary N) is 1. The third-order valence-electron chi connectivity index (χ3n) is 6.17. The number of anilines is 3. The number of rotatable bonds is 9. The molecule has 0 bridgehead atoms. The van der Waals surface area contributed by atoms with Crippen molar-refractivity contribution in [1.29, 1.82) is 0 Å². The van der Waals surface area contributed by atoms with Gasteiger partial charge in [0.15, 0.2) is 0 Å². The molecule has 4 aromatic rings. The molecule has 0 aliphatic rings. The highest BCUT2D eigenvalue weighted by Gasteiger charge is 2.52. The maximum atomic E-state index is 14.0. The zero-order chi connectivity index (χ0) is 31.4. The molecule has 0 aliphatic carbocycles. The van der Waals surface area contributed by atoms with E-state index < -0.39 is 23.8 Å². The van der Waals surface area contributed by atoms with Crippen LogP contribution in [-0.4, -0.2) is 36.1 Å². The summed E-state index contributed by atoms with van der Waals surface area (Å²) in [7, 11) is 1.27. The molecule has 0 saturated heterocycles. The quantitative estimate of drug-likeness (QED) is 0.150. The zero-order valence-corrected chi connectivity index (χ0v) is 23.5. The van der Waals surface area contributed by atoms with Gasteiger partial charge in [-0.25, -0.2) is 9.78 Å². The lowest BCUT2D eigenvalue weighted by molar-refractivity contribution is -0.213. The Kier molecular flexibility index (Phi) is 8.95. The third kappa shape index (κ3) is 7.07. The fourth-order valence-electron chi connectivity index (χ4n) is 4.22. The van der Waals surface area contributed by atoms with Crippen LogP contribution in [0.3, 0.4) is 0 Å². The minimum atomic E-state index is -5.46. The first-order valence-corrected chi connectivity index (χ1v) is 12.9. The molecule has 0 spiro atoms. The summed E-state index contributed by atoms with van der Waals surface area (Å²) < 4.78 is 51.1. The predicted molar refractivity (Wildman–Crippen MR) is 154 cm³/mol. The van der Waals surface area contributed by atoms with Gasteiger partial charge in [-0.15, -0.1) is 0 Å².